The van der Waals surface area contributed by atoms with Crippen LogP contribution in [0.15, 0.2) is 38.2 Å². The van der Waals surface area contributed by atoms with Crippen LogP contribution in [0.2, 0.25) is 0 Å². The molecule has 0 unspecified atom stereocenters. The summed E-state index contributed by atoms with van der Waals surface area (Å²) in [6.07, 6.45) is 1.62. The molecule has 0 aromatic rings. The third kappa shape index (κ3) is 3.05. The second kappa shape index (κ2) is 6.76. The van der Waals surface area contributed by atoms with Crippen LogP contribution in [0.3, 0.4) is 0 Å². The number of rotatable bonds is 4. The SMILES string of the molecule is CC1=C(CC(=O)O)C2=C(Cl)C(O)=C(C(=O)C3CCSCC3)CC2=N1. The van der Waals surface area contributed by atoms with Crippen LogP contribution in [0.1, 0.15) is 32.6 Å². The van der Waals surface area contributed by atoms with Crippen molar-refractivity contribution in [1.29, 1.82) is 0 Å². The van der Waals surface area contributed by atoms with Crippen molar-refractivity contribution in [2.75, 3.05) is 11.5 Å². The fourth-order valence-corrected chi connectivity index (χ4v) is 4.79. The number of carboxylic acids is 1. The van der Waals surface area contributed by atoms with Crippen molar-refractivity contribution in [2.24, 2.45) is 10.9 Å². The average molecular weight is 368 g/mol. The molecule has 0 radical (unpaired) electrons. The van der Waals surface area contributed by atoms with Crippen molar-refractivity contribution in [1.82, 2.24) is 0 Å². The van der Waals surface area contributed by atoms with Crippen molar-refractivity contribution in [3.05, 3.63) is 33.2 Å². The Morgan fingerprint density at radius 2 is 2.00 bits per heavy atom. The summed E-state index contributed by atoms with van der Waals surface area (Å²) in [4.78, 5) is 28.2. The molecule has 0 bridgehead atoms. The van der Waals surface area contributed by atoms with E-state index >= 15 is 0 Å². The molecule has 0 aromatic carbocycles. The number of hydrogen-bond donors (Lipinski definition) is 2. The normalized spacial score (nSPS) is 22.0. The number of halogens is 1. The van der Waals surface area contributed by atoms with Gasteiger partial charge in [0.15, 0.2) is 5.78 Å². The van der Waals surface area contributed by atoms with Gasteiger partial charge < -0.3 is 10.2 Å². The Balaban J connectivity index is 1.95. The van der Waals surface area contributed by atoms with Gasteiger partial charge >= 0.3 is 5.97 Å². The van der Waals surface area contributed by atoms with Crippen LogP contribution in [0.25, 0.3) is 0 Å². The van der Waals surface area contributed by atoms with Crippen LogP contribution in [0, 0.1) is 5.92 Å². The van der Waals surface area contributed by atoms with E-state index in [1.807, 2.05) is 11.8 Å². The molecule has 0 saturated carbocycles. The van der Waals surface area contributed by atoms with Gasteiger partial charge in [-0.15, -0.1) is 0 Å². The lowest BCUT2D eigenvalue weighted by molar-refractivity contribution is -0.136. The van der Waals surface area contributed by atoms with E-state index in [4.69, 9.17) is 16.7 Å². The Morgan fingerprint density at radius 3 is 2.62 bits per heavy atom. The minimum atomic E-state index is -0.984. The van der Waals surface area contributed by atoms with Crippen molar-refractivity contribution in [3.63, 3.8) is 0 Å². The topological polar surface area (TPSA) is 87.0 Å². The fraction of sp³-hybridized carbons (Fsp3) is 0.471. The molecule has 1 fully saturated rings. The van der Waals surface area contributed by atoms with E-state index in [1.54, 1.807) is 6.92 Å². The number of fused-ring (bicyclic) bond motifs is 1. The highest BCUT2D eigenvalue weighted by molar-refractivity contribution is 7.99. The lowest BCUT2D eigenvalue weighted by atomic mass is 9.83. The number of thioether (sulfide) groups is 1. The molecule has 3 aliphatic rings. The standard InChI is InChI=1S/C17H18ClNO4S/c1-8-10(7-13(20)21)14-12(19-8)6-11(17(23)15(14)18)16(22)9-2-4-24-5-3-9/h9,23H,2-7H2,1H3,(H,20,21). The minimum Gasteiger partial charge on any atom is -0.506 e. The summed E-state index contributed by atoms with van der Waals surface area (Å²) in [5, 5.41) is 19.6. The number of carbonyl (C=O) groups excluding carboxylic acids is 1. The summed E-state index contributed by atoms with van der Waals surface area (Å²) >= 11 is 8.13. The second-order valence-corrected chi connectivity index (χ2v) is 7.74. The number of aliphatic hydroxyl groups excluding tert-OH is 1. The van der Waals surface area contributed by atoms with Crippen LogP contribution in [-0.2, 0) is 9.59 Å². The molecule has 0 spiro atoms. The zero-order valence-corrected chi connectivity index (χ0v) is 14.8. The summed E-state index contributed by atoms with van der Waals surface area (Å²) < 4.78 is 0. The molecule has 7 heteroatoms. The highest BCUT2D eigenvalue weighted by Gasteiger charge is 2.36. The number of carboxylic acid groups (broad SMARTS) is 1. The van der Waals surface area contributed by atoms with Crippen LogP contribution in [-0.4, -0.2) is 39.2 Å². The molecule has 2 N–H and O–H groups in total. The molecule has 2 heterocycles. The lowest BCUT2D eigenvalue weighted by Crippen LogP contribution is -2.26. The van der Waals surface area contributed by atoms with Crippen molar-refractivity contribution >= 4 is 40.8 Å². The van der Waals surface area contributed by atoms with E-state index in [-0.39, 0.29) is 35.3 Å². The van der Waals surface area contributed by atoms with Crippen molar-refractivity contribution in [3.8, 4) is 0 Å². The van der Waals surface area contributed by atoms with Gasteiger partial charge in [-0.3, -0.25) is 14.6 Å². The molecule has 1 aliphatic carbocycles. The van der Waals surface area contributed by atoms with Gasteiger partial charge in [0.25, 0.3) is 0 Å². The number of hydrogen-bond acceptors (Lipinski definition) is 5. The number of carbonyl (C=O) groups is 2. The third-order valence-electron chi connectivity index (χ3n) is 4.60. The van der Waals surface area contributed by atoms with E-state index in [1.165, 1.54) is 0 Å². The molecule has 128 valence electrons. The monoisotopic (exact) mass is 367 g/mol. The molecule has 1 saturated heterocycles. The maximum atomic E-state index is 12.8. The van der Waals surface area contributed by atoms with E-state index in [9.17, 15) is 14.7 Å². The highest BCUT2D eigenvalue weighted by atomic mass is 35.5. The van der Waals surface area contributed by atoms with Gasteiger partial charge in [0.1, 0.15) is 5.76 Å². The van der Waals surface area contributed by atoms with Crippen LogP contribution >= 0.6 is 23.4 Å². The average Bonchev–Trinajstić information content (AvgIpc) is 2.86. The number of aliphatic hydroxyl groups is 1. The van der Waals surface area contributed by atoms with Crippen LogP contribution < -0.4 is 0 Å². The van der Waals surface area contributed by atoms with E-state index in [2.05, 4.69) is 4.99 Å². The first-order valence-corrected chi connectivity index (χ1v) is 9.37. The van der Waals surface area contributed by atoms with Gasteiger partial charge in [-0.2, -0.15) is 11.8 Å². The second-order valence-electron chi connectivity index (χ2n) is 6.14. The van der Waals surface area contributed by atoms with Gasteiger partial charge in [0.2, 0.25) is 0 Å². The van der Waals surface area contributed by atoms with Crippen molar-refractivity contribution < 1.29 is 19.8 Å². The predicted molar refractivity (Wildman–Crippen MR) is 94.6 cm³/mol. The first kappa shape index (κ1) is 17.3. The zero-order chi connectivity index (χ0) is 17.4. The minimum absolute atomic E-state index is 0.0432. The Hall–Kier alpha value is -1.53. The van der Waals surface area contributed by atoms with E-state index < -0.39 is 5.97 Å². The predicted octanol–water partition coefficient (Wildman–Crippen LogP) is 3.61. The molecule has 24 heavy (non-hydrogen) atoms. The van der Waals surface area contributed by atoms with Crippen molar-refractivity contribution in [2.45, 2.75) is 32.6 Å². The summed E-state index contributed by atoms with van der Waals surface area (Å²) in [5.74, 6) is 0.558. The Kier molecular flexibility index (Phi) is 4.88. The van der Waals surface area contributed by atoms with Gasteiger partial charge in [-0.1, -0.05) is 11.6 Å². The quantitative estimate of drug-likeness (QED) is 0.792. The Morgan fingerprint density at radius 1 is 1.33 bits per heavy atom. The number of nitrogens with zero attached hydrogens (tertiary/aromatic N) is 1. The zero-order valence-electron chi connectivity index (χ0n) is 13.3. The summed E-state index contributed by atoms with van der Waals surface area (Å²) in [6, 6.07) is 0. The first-order valence-electron chi connectivity index (χ1n) is 7.84. The number of allylic oxidation sites excluding steroid dienone is 4. The van der Waals surface area contributed by atoms with Gasteiger partial charge in [0, 0.05) is 29.2 Å². The van der Waals surface area contributed by atoms with E-state index in [0.29, 0.717) is 28.1 Å². The maximum absolute atomic E-state index is 12.8. The third-order valence-corrected chi connectivity index (χ3v) is 6.02. The number of aliphatic carboxylic acids is 1. The molecular weight excluding hydrogens is 350 g/mol. The van der Waals surface area contributed by atoms with Crippen LogP contribution in [0.4, 0.5) is 0 Å². The van der Waals surface area contributed by atoms with Gasteiger partial charge in [-0.25, -0.2) is 0 Å². The smallest absolute Gasteiger partial charge is 0.307 e. The molecular formula is C17H18ClNO4S. The van der Waals surface area contributed by atoms with Gasteiger partial charge in [0.05, 0.1) is 17.2 Å². The largest absolute Gasteiger partial charge is 0.506 e. The first-order chi connectivity index (χ1) is 11.4. The van der Waals surface area contributed by atoms with E-state index in [0.717, 1.165) is 24.3 Å². The summed E-state index contributed by atoms with van der Waals surface area (Å²) in [5.41, 5.74) is 2.46. The summed E-state index contributed by atoms with van der Waals surface area (Å²) in [7, 11) is 0. The Bertz CT molecular complexity index is 742. The molecule has 2 aliphatic heterocycles. The maximum Gasteiger partial charge on any atom is 0.307 e. The number of ketones is 1. The fourth-order valence-electron chi connectivity index (χ4n) is 3.35. The molecule has 0 amide bonds. The number of aliphatic imine (C=N–C) groups is 1. The Labute approximate surface area is 149 Å². The molecule has 5 nitrogen and oxygen atoms in total. The lowest BCUT2D eigenvalue weighted by Gasteiger charge is -2.24. The summed E-state index contributed by atoms with van der Waals surface area (Å²) in [6.45, 7) is 1.72. The number of Topliss-reactive ketones (excluding diaryl/α,β-unsaturated/α-hetero) is 1. The highest BCUT2D eigenvalue weighted by Crippen LogP contribution is 2.41. The van der Waals surface area contributed by atoms with Gasteiger partial charge in [-0.05, 0) is 36.8 Å². The molecule has 3 rings (SSSR count). The molecule has 0 aromatic heterocycles. The molecule has 0 atom stereocenters. The van der Waals surface area contributed by atoms with Crippen LogP contribution in [0.5, 0.6) is 0 Å².